The zero-order valence-corrected chi connectivity index (χ0v) is 13.2. The molecule has 0 bridgehead atoms. The van der Waals surface area contributed by atoms with Crippen LogP contribution < -0.4 is 0 Å². The summed E-state index contributed by atoms with van der Waals surface area (Å²) in [6.45, 7) is 2.89. The molecule has 4 heterocycles. The van der Waals surface area contributed by atoms with Crippen LogP contribution in [0.2, 0.25) is 0 Å². The SMILES string of the molecule is O=C(c1cccs1)N1CC[C@@H]2[C@@H]1CCN2Cc1cccnc1. The Balaban J connectivity index is 1.46. The Morgan fingerprint density at radius 2 is 2.14 bits per heavy atom. The largest absolute Gasteiger partial charge is 0.333 e. The van der Waals surface area contributed by atoms with Gasteiger partial charge in [-0.3, -0.25) is 14.7 Å². The van der Waals surface area contributed by atoms with Gasteiger partial charge in [0.2, 0.25) is 0 Å². The highest BCUT2D eigenvalue weighted by Crippen LogP contribution is 2.33. The summed E-state index contributed by atoms with van der Waals surface area (Å²) in [6.07, 6.45) is 5.92. The molecule has 2 aliphatic rings. The summed E-state index contributed by atoms with van der Waals surface area (Å²) in [7, 11) is 0. The predicted octanol–water partition coefficient (Wildman–Crippen LogP) is 2.63. The summed E-state index contributed by atoms with van der Waals surface area (Å²) in [6, 6.07) is 8.89. The molecule has 0 radical (unpaired) electrons. The van der Waals surface area contributed by atoms with Crippen LogP contribution in [0.5, 0.6) is 0 Å². The lowest BCUT2D eigenvalue weighted by Gasteiger charge is -2.25. The number of carbonyl (C=O) groups excluding carboxylic acids is 1. The number of rotatable bonds is 3. The Hall–Kier alpha value is -1.72. The van der Waals surface area contributed by atoms with Crippen LogP contribution in [-0.4, -0.2) is 45.9 Å². The highest BCUT2D eigenvalue weighted by molar-refractivity contribution is 7.12. The first-order valence-electron chi connectivity index (χ1n) is 7.80. The number of hydrogen-bond acceptors (Lipinski definition) is 4. The molecular formula is C17H19N3OS. The first kappa shape index (κ1) is 13.9. The van der Waals surface area contributed by atoms with Crippen molar-refractivity contribution in [1.82, 2.24) is 14.8 Å². The van der Waals surface area contributed by atoms with Crippen molar-refractivity contribution in [2.75, 3.05) is 13.1 Å². The van der Waals surface area contributed by atoms with E-state index in [4.69, 9.17) is 0 Å². The minimum Gasteiger partial charge on any atom is -0.333 e. The van der Waals surface area contributed by atoms with E-state index in [1.54, 1.807) is 11.3 Å². The van der Waals surface area contributed by atoms with E-state index in [0.29, 0.717) is 12.1 Å². The van der Waals surface area contributed by atoms with Gasteiger partial charge in [0.25, 0.3) is 5.91 Å². The van der Waals surface area contributed by atoms with Crippen LogP contribution in [0, 0.1) is 0 Å². The Kier molecular flexibility index (Phi) is 3.68. The van der Waals surface area contributed by atoms with E-state index in [1.165, 1.54) is 5.56 Å². The molecule has 2 aromatic heterocycles. The van der Waals surface area contributed by atoms with Crippen LogP contribution in [0.1, 0.15) is 28.1 Å². The highest BCUT2D eigenvalue weighted by Gasteiger charge is 2.44. The number of carbonyl (C=O) groups is 1. The second kappa shape index (κ2) is 5.82. The monoisotopic (exact) mass is 313 g/mol. The third-order valence-corrected chi connectivity index (χ3v) is 5.65. The van der Waals surface area contributed by atoms with Gasteiger partial charge in [-0.2, -0.15) is 0 Å². The summed E-state index contributed by atoms with van der Waals surface area (Å²) >= 11 is 1.54. The first-order chi connectivity index (χ1) is 10.8. The van der Waals surface area contributed by atoms with Gasteiger partial charge in [-0.05, 0) is 35.9 Å². The lowest BCUT2D eigenvalue weighted by molar-refractivity contribution is 0.0737. The van der Waals surface area contributed by atoms with E-state index in [-0.39, 0.29) is 5.91 Å². The normalized spacial score (nSPS) is 24.6. The zero-order chi connectivity index (χ0) is 14.9. The van der Waals surface area contributed by atoms with E-state index in [9.17, 15) is 4.79 Å². The van der Waals surface area contributed by atoms with Crippen LogP contribution >= 0.6 is 11.3 Å². The molecule has 114 valence electrons. The van der Waals surface area contributed by atoms with Gasteiger partial charge in [0, 0.05) is 44.1 Å². The van der Waals surface area contributed by atoms with Gasteiger partial charge in [0.05, 0.1) is 4.88 Å². The van der Waals surface area contributed by atoms with Crippen molar-refractivity contribution in [2.24, 2.45) is 0 Å². The molecule has 0 aliphatic carbocycles. The average Bonchev–Trinajstić information content (AvgIpc) is 3.26. The number of fused-ring (bicyclic) bond motifs is 1. The average molecular weight is 313 g/mol. The minimum absolute atomic E-state index is 0.214. The molecule has 22 heavy (non-hydrogen) atoms. The van der Waals surface area contributed by atoms with Crippen molar-refractivity contribution in [3.63, 3.8) is 0 Å². The fourth-order valence-electron chi connectivity index (χ4n) is 3.79. The first-order valence-corrected chi connectivity index (χ1v) is 8.68. The second-order valence-electron chi connectivity index (χ2n) is 6.02. The van der Waals surface area contributed by atoms with Crippen molar-refractivity contribution in [3.8, 4) is 0 Å². The van der Waals surface area contributed by atoms with Crippen LogP contribution in [-0.2, 0) is 6.54 Å². The van der Waals surface area contributed by atoms with Gasteiger partial charge in [-0.25, -0.2) is 0 Å². The lowest BCUT2D eigenvalue weighted by atomic mass is 10.1. The summed E-state index contributed by atoms with van der Waals surface area (Å²) in [4.78, 5) is 22.3. The van der Waals surface area contributed by atoms with Crippen molar-refractivity contribution >= 4 is 17.2 Å². The highest BCUT2D eigenvalue weighted by atomic mass is 32.1. The number of nitrogens with zero attached hydrogens (tertiary/aromatic N) is 3. The van der Waals surface area contributed by atoms with E-state index in [0.717, 1.165) is 37.4 Å². The molecule has 0 unspecified atom stereocenters. The number of aromatic nitrogens is 1. The molecule has 0 aromatic carbocycles. The van der Waals surface area contributed by atoms with Crippen molar-refractivity contribution in [3.05, 3.63) is 52.5 Å². The van der Waals surface area contributed by atoms with Gasteiger partial charge in [0.1, 0.15) is 0 Å². The fraction of sp³-hybridized carbons (Fsp3) is 0.412. The molecule has 0 saturated carbocycles. The Morgan fingerprint density at radius 3 is 2.91 bits per heavy atom. The number of thiophene rings is 1. The summed E-state index contributed by atoms with van der Waals surface area (Å²) in [5.74, 6) is 0.214. The van der Waals surface area contributed by atoms with E-state index >= 15 is 0 Å². The second-order valence-corrected chi connectivity index (χ2v) is 6.97. The number of likely N-dealkylation sites (tertiary alicyclic amines) is 2. The predicted molar refractivity (Wildman–Crippen MR) is 86.8 cm³/mol. The maximum Gasteiger partial charge on any atom is 0.264 e. The summed E-state index contributed by atoms with van der Waals surface area (Å²) in [5.41, 5.74) is 1.26. The number of amides is 1. The van der Waals surface area contributed by atoms with E-state index in [2.05, 4.69) is 20.9 Å². The third kappa shape index (κ3) is 2.44. The maximum atomic E-state index is 12.6. The molecule has 2 atom stereocenters. The topological polar surface area (TPSA) is 36.4 Å². The van der Waals surface area contributed by atoms with Crippen LogP contribution in [0.15, 0.2) is 42.0 Å². The van der Waals surface area contributed by atoms with Crippen molar-refractivity contribution in [2.45, 2.75) is 31.5 Å². The fourth-order valence-corrected chi connectivity index (χ4v) is 4.47. The molecule has 5 heteroatoms. The third-order valence-electron chi connectivity index (χ3n) is 4.79. The molecule has 2 fully saturated rings. The molecular weight excluding hydrogens is 294 g/mol. The van der Waals surface area contributed by atoms with Crippen molar-refractivity contribution < 1.29 is 4.79 Å². The zero-order valence-electron chi connectivity index (χ0n) is 12.4. The molecule has 0 N–H and O–H groups in total. The number of hydrogen-bond donors (Lipinski definition) is 0. The molecule has 4 nitrogen and oxygen atoms in total. The Labute approximate surface area is 134 Å². The van der Waals surface area contributed by atoms with Crippen LogP contribution in [0.25, 0.3) is 0 Å². The van der Waals surface area contributed by atoms with Gasteiger partial charge in [-0.1, -0.05) is 12.1 Å². The maximum absolute atomic E-state index is 12.6. The van der Waals surface area contributed by atoms with E-state index < -0.39 is 0 Å². The minimum atomic E-state index is 0.214. The van der Waals surface area contributed by atoms with E-state index in [1.807, 2.05) is 36.0 Å². The molecule has 2 aliphatic heterocycles. The quantitative estimate of drug-likeness (QED) is 0.874. The molecule has 0 spiro atoms. The Morgan fingerprint density at radius 1 is 1.23 bits per heavy atom. The molecule has 1 amide bonds. The summed E-state index contributed by atoms with van der Waals surface area (Å²) in [5, 5.41) is 1.98. The molecule has 2 saturated heterocycles. The van der Waals surface area contributed by atoms with Gasteiger partial charge in [0.15, 0.2) is 0 Å². The smallest absolute Gasteiger partial charge is 0.264 e. The van der Waals surface area contributed by atoms with Gasteiger partial charge < -0.3 is 4.90 Å². The van der Waals surface area contributed by atoms with Crippen LogP contribution in [0.3, 0.4) is 0 Å². The summed E-state index contributed by atoms with van der Waals surface area (Å²) < 4.78 is 0. The van der Waals surface area contributed by atoms with Crippen LogP contribution in [0.4, 0.5) is 0 Å². The molecule has 2 aromatic rings. The lowest BCUT2D eigenvalue weighted by Crippen LogP contribution is -2.39. The van der Waals surface area contributed by atoms with Gasteiger partial charge >= 0.3 is 0 Å². The standard InChI is InChI=1S/C17H19N3OS/c21-17(16-4-2-10-22-16)20-9-6-14-15(20)5-8-19(14)12-13-3-1-7-18-11-13/h1-4,7,10-11,14-15H,5-6,8-9,12H2/t14-,15+/m1/s1. The van der Waals surface area contributed by atoms with Gasteiger partial charge in [-0.15, -0.1) is 11.3 Å². The molecule has 4 rings (SSSR count). The van der Waals surface area contributed by atoms with Crippen molar-refractivity contribution in [1.29, 1.82) is 0 Å². The Bertz CT molecular complexity index is 643. The number of pyridine rings is 1.